The van der Waals surface area contributed by atoms with Crippen molar-refractivity contribution in [2.24, 2.45) is 5.92 Å². The third-order valence-electron chi connectivity index (χ3n) is 6.25. The number of benzene rings is 1. The van der Waals surface area contributed by atoms with Gasteiger partial charge in [-0.25, -0.2) is 0 Å². The molecule has 2 heteroatoms. The van der Waals surface area contributed by atoms with E-state index in [2.05, 4.69) is 91.1 Å². The molecule has 0 radical (unpaired) electrons. The number of hydrogen-bond donors (Lipinski definition) is 0. The molecule has 29 heavy (non-hydrogen) atoms. The molecular formula is C27H30N2+2. The lowest BCUT2D eigenvalue weighted by atomic mass is 9.80. The molecule has 0 spiro atoms. The molecule has 2 unspecified atom stereocenters. The molecule has 2 nitrogen and oxygen atoms in total. The van der Waals surface area contributed by atoms with Gasteiger partial charge < -0.3 is 0 Å². The van der Waals surface area contributed by atoms with Gasteiger partial charge in [-0.15, -0.1) is 17.7 Å². The summed E-state index contributed by atoms with van der Waals surface area (Å²) in [5.41, 5.74) is 13.2. The number of allylic oxidation sites excluding steroid dienone is 2. The standard InChI is InChI=1S/C27H30N2/c1-6-12-25-21(8-3)23-14-9-10-15-24(23)27-28(25)17-18-29(27)26-20(7-2)13-11-16-22(26)19(4)5/h6,8-9,11,13-14,16,18-19,21,25H,1,3,7,12,17H2,2,4-5H3/q+2. The van der Waals surface area contributed by atoms with E-state index in [4.69, 9.17) is 0 Å². The largest absolute Gasteiger partial charge is 0.461 e. The zero-order chi connectivity index (χ0) is 20.5. The van der Waals surface area contributed by atoms with Gasteiger partial charge in [0.15, 0.2) is 11.6 Å². The zero-order valence-electron chi connectivity index (χ0n) is 17.8. The highest BCUT2D eigenvalue weighted by Crippen LogP contribution is 2.39. The van der Waals surface area contributed by atoms with Crippen LogP contribution in [-0.2, 0) is 6.42 Å². The summed E-state index contributed by atoms with van der Waals surface area (Å²) in [5, 5.41) is 0. The van der Waals surface area contributed by atoms with E-state index in [1.807, 2.05) is 12.2 Å². The Kier molecular flexibility index (Phi) is 5.24. The molecule has 4 rings (SSSR count). The topological polar surface area (TPSA) is 6.02 Å². The molecule has 0 bridgehead atoms. The molecule has 2 aliphatic heterocycles. The van der Waals surface area contributed by atoms with E-state index in [1.165, 1.54) is 28.2 Å². The van der Waals surface area contributed by atoms with Crippen LogP contribution in [0.25, 0.3) is 0 Å². The van der Waals surface area contributed by atoms with E-state index in [1.54, 1.807) is 0 Å². The first-order valence-electron chi connectivity index (χ1n) is 10.7. The number of para-hydroxylation sites is 1. The molecule has 2 heterocycles. The Morgan fingerprint density at radius 1 is 1.28 bits per heavy atom. The van der Waals surface area contributed by atoms with Crippen molar-refractivity contribution in [2.45, 2.75) is 45.6 Å². The van der Waals surface area contributed by atoms with Crippen molar-refractivity contribution in [3.8, 4) is 0 Å². The van der Waals surface area contributed by atoms with Crippen LogP contribution in [0.15, 0.2) is 78.3 Å². The summed E-state index contributed by atoms with van der Waals surface area (Å²) in [5.74, 6) is 1.94. The van der Waals surface area contributed by atoms with Crippen LogP contribution in [0.4, 0.5) is 5.69 Å². The first-order chi connectivity index (χ1) is 14.1. The van der Waals surface area contributed by atoms with Gasteiger partial charge >= 0.3 is 5.84 Å². The first kappa shape index (κ1) is 19.4. The van der Waals surface area contributed by atoms with Crippen molar-refractivity contribution >= 4 is 17.7 Å². The van der Waals surface area contributed by atoms with Crippen LogP contribution in [0.1, 0.15) is 44.2 Å². The van der Waals surface area contributed by atoms with E-state index in [0.29, 0.717) is 12.0 Å². The fourth-order valence-corrected chi connectivity index (χ4v) is 4.88. The van der Waals surface area contributed by atoms with E-state index in [9.17, 15) is 0 Å². The molecule has 1 aliphatic carbocycles. The minimum atomic E-state index is 0.261. The quantitative estimate of drug-likeness (QED) is 0.351. The number of hydrogen-bond acceptors (Lipinski definition) is 0. The van der Waals surface area contributed by atoms with Crippen molar-refractivity contribution in [2.75, 3.05) is 6.54 Å². The van der Waals surface area contributed by atoms with E-state index in [-0.39, 0.29) is 5.92 Å². The summed E-state index contributed by atoms with van der Waals surface area (Å²) in [6, 6.07) is 7.05. The normalized spacial score (nSPS) is 22.1. The lowest BCUT2D eigenvalue weighted by Crippen LogP contribution is -2.43. The fourth-order valence-electron chi connectivity index (χ4n) is 4.88. The Morgan fingerprint density at radius 3 is 2.79 bits per heavy atom. The van der Waals surface area contributed by atoms with Crippen LogP contribution in [0, 0.1) is 5.92 Å². The highest BCUT2D eigenvalue weighted by atomic mass is 15.3. The Bertz CT molecular complexity index is 1080. The van der Waals surface area contributed by atoms with Crippen molar-refractivity contribution in [1.29, 1.82) is 0 Å². The minimum absolute atomic E-state index is 0.261. The molecular weight excluding hydrogens is 352 g/mol. The number of amidine groups is 1. The molecule has 0 N–H and O–H groups in total. The summed E-state index contributed by atoms with van der Waals surface area (Å²) in [4.78, 5) is 0. The molecule has 2 atom stereocenters. The van der Waals surface area contributed by atoms with Crippen LogP contribution in [0.3, 0.4) is 0 Å². The van der Waals surface area contributed by atoms with Gasteiger partial charge in [0, 0.05) is 17.5 Å². The Hall–Kier alpha value is -2.92. The van der Waals surface area contributed by atoms with Gasteiger partial charge in [0.05, 0.1) is 5.92 Å². The van der Waals surface area contributed by atoms with Crippen LogP contribution in [0.5, 0.6) is 0 Å². The van der Waals surface area contributed by atoms with Crippen LogP contribution in [0.2, 0.25) is 0 Å². The minimum Gasteiger partial charge on any atom is -0.159 e. The van der Waals surface area contributed by atoms with Gasteiger partial charge in [-0.3, -0.25) is 0 Å². The summed E-state index contributed by atoms with van der Waals surface area (Å²) in [7, 11) is 0. The maximum absolute atomic E-state index is 4.15. The number of nitrogens with zero attached hydrogens (tertiary/aromatic N) is 2. The van der Waals surface area contributed by atoms with Crippen molar-refractivity contribution in [3.05, 3.63) is 89.4 Å². The molecule has 1 aromatic rings. The van der Waals surface area contributed by atoms with Gasteiger partial charge in [-0.2, -0.15) is 4.58 Å². The second kappa shape index (κ2) is 7.84. The number of aryl methyl sites for hydroxylation is 1. The van der Waals surface area contributed by atoms with Gasteiger partial charge in [0.1, 0.15) is 0 Å². The number of rotatable bonds is 6. The molecule has 0 fully saturated rings. The SMILES string of the molecule is C=CCC1C(C=C)C2=CC=C=C=C2C2=[N+]1CC=[N+]2c1c(CC)cccc1C(C)C. The van der Waals surface area contributed by atoms with Crippen LogP contribution in [-0.4, -0.2) is 33.8 Å². The van der Waals surface area contributed by atoms with Crippen LogP contribution >= 0.6 is 0 Å². The van der Waals surface area contributed by atoms with Crippen molar-refractivity contribution in [1.82, 2.24) is 0 Å². The molecule has 0 amide bonds. The summed E-state index contributed by atoms with van der Waals surface area (Å²) < 4.78 is 4.93. The van der Waals surface area contributed by atoms with E-state index < -0.39 is 0 Å². The predicted molar refractivity (Wildman–Crippen MR) is 122 cm³/mol. The van der Waals surface area contributed by atoms with E-state index in [0.717, 1.165) is 25.0 Å². The second-order valence-corrected chi connectivity index (χ2v) is 8.18. The highest BCUT2D eigenvalue weighted by molar-refractivity contribution is 5.99. The monoisotopic (exact) mass is 382 g/mol. The highest BCUT2D eigenvalue weighted by Gasteiger charge is 2.52. The van der Waals surface area contributed by atoms with Crippen LogP contribution < -0.4 is 0 Å². The first-order valence-corrected chi connectivity index (χ1v) is 10.7. The zero-order valence-corrected chi connectivity index (χ0v) is 17.8. The van der Waals surface area contributed by atoms with Crippen molar-refractivity contribution < 1.29 is 9.15 Å². The Balaban J connectivity index is 1.98. The summed E-state index contributed by atoms with van der Waals surface area (Å²) >= 11 is 0. The summed E-state index contributed by atoms with van der Waals surface area (Å²) in [6.45, 7) is 15.9. The molecule has 3 aliphatic rings. The molecule has 0 aromatic heterocycles. The fraction of sp³-hybridized carbons (Fsp3) is 0.333. The maximum Gasteiger partial charge on any atom is 0.461 e. The molecule has 0 saturated heterocycles. The average molecular weight is 383 g/mol. The van der Waals surface area contributed by atoms with Crippen molar-refractivity contribution in [3.63, 3.8) is 0 Å². The van der Waals surface area contributed by atoms with Gasteiger partial charge in [0.2, 0.25) is 18.4 Å². The molecule has 1 aromatic carbocycles. The third-order valence-corrected chi connectivity index (χ3v) is 6.25. The van der Waals surface area contributed by atoms with Gasteiger partial charge in [-0.1, -0.05) is 56.9 Å². The average Bonchev–Trinajstić information content (AvgIpc) is 3.18. The molecule has 146 valence electrons. The van der Waals surface area contributed by atoms with E-state index >= 15 is 0 Å². The lowest BCUT2D eigenvalue weighted by Gasteiger charge is -2.27. The lowest BCUT2D eigenvalue weighted by molar-refractivity contribution is -0.574. The Morgan fingerprint density at radius 2 is 2.10 bits per heavy atom. The third kappa shape index (κ3) is 3.06. The second-order valence-electron chi connectivity index (χ2n) is 8.18. The van der Waals surface area contributed by atoms with Gasteiger partial charge in [0.25, 0.3) is 0 Å². The Labute approximate surface area is 174 Å². The predicted octanol–water partition coefficient (Wildman–Crippen LogP) is 5.45. The number of fused-ring (bicyclic) bond motifs is 2. The summed E-state index contributed by atoms with van der Waals surface area (Å²) in [6.07, 6.45) is 12.5. The smallest absolute Gasteiger partial charge is 0.159 e. The van der Waals surface area contributed by atoms with Gasteiger partial charge in [-0.05, 0) is 35.8 Å². The molecule has 0 saturated carbocycles. The maximum atomic E-state index is 4.15.